The summed E-state index contributed by atoms with van der Waals surface area (Å²) >= 11 is 3.13. The molecule has 23 heavy (non-hydrogen) atoms. The van der Waals surface area contributed by atoms with Gasteiger partial charge in [-0.25, -0.2) is 0 Å². The molecular weight excluding hydrogens is 328 g/mol. The van der Waals surface area contributed by atoms with E-state index in [4.69, 9.17) is 4.74 Å². The summed E-state index contributed by atoms with van der Waals surface area (Å²) in [7, 11) is 1.64. The van der Waals surface area contributed by atoms with Gasteiger partial charge in [0.25, 0.3) is 0 Å². The van der Waals surface area contributed by atoms with E-state index >= 15 is 0 Å². The van der Waals surface area contributed by atoms with Crippen molar-refractivity contribution in [3.05, 3.63) is 51.5 Å². The molecule has 0 bridgehead atoms. The minimum atomic E-state index is 0.0451. The number of fused-ring (bicyclic) bond motifs is 1. The van der Waals surface area contributed by atoms with E-state index in [0.717, 1.165) is 27.6 Å². The second kappa shape index (κ2) is 5.79. The third-order valence-electron chi connectivity index (χ3n) is 4.00. The smallest absolute Gasteiger partial charge is 0.225 e. The second-order valence-electron chi connectivity index (χ2n) is 5.36. The molecule has 116 valence electrons. The van der Waals surface area contributed by atoms with Crippen molar-refractivity contribution in [2.75, 3.05) is 12.4 Å². The number of hydrogen-bond donors (Lipinski definition) is 1. The number of ether oxygens (including phenoxy) is 1. The van der Waals surface area contributed by atoms with Crippen molar-refractivity contribution in [1.29, 1.82) is 0 Å². The van der Waals surface area contributed by atoms with Gasteiger partial charge in [-0.15, -0.1) is 0 Å². The van der Waals surface area contributed by atoms with Gasteiger partial charge < -0.3 is 10.1 Å². The molecule has 1 aliphatic heterocycles. The number of thiophene rings is 1. The highest BCUT2D eigenvalue weighted by atomic mass is 32.1. The first kappa shape index (κ1) is 14.4. The number of carbonyl (C=O) groups is 1. The molecule has 4 nitrogen and oxygen atoms in total. The SMILES string of the molecule is COc1ccc(-c2nsc3c2NC(=O)C[C@@H]3c2ccsc2)cc1. The van der Waals surface area contributed by atoms with Gasteiger partial charge in [-0.1, -0.05) is 0 Å². The predicted octanol–water partition coefficient (Wildman–Crippen LogP) is 4.35. The zero-order valence-corrected chi connectivity index (χ0v) is 14.0. The summed E-state index contributed by atoms with van der Waals surface area (Å²) in [5.41, 5.74) is 3.86. The number of methoxy groups -OCH3 is 1. The number of aromatic nitrogens is 1. The standard InChI is InChI=1S/C17H14N2O2S2/c1-21-12-4-2-10(3-5-12)15-16-17(23-19-15)13(8-14(20)18-16)11-6-7-22-9-11/h2-7,9,13H,8H2,1H3,(H,18,20)/t13-/m1/s1. The van der Waals surface area contributed by atoms with Crippen LogP contribution >= 0.6 is 22.9 Å². The zero-order chi connectivity index (χ0) is 15.8. The molecular formula is C17H14N2O2S2. The van der Waals surface area contributed by atoms with Gasteiger partial charge in [0.05, 0.1) is 17.7 Å². The van der Waals surface area contributed by atoms with Crippen molar-refractivity contribution >= 4 is 34.5 Å². The first-order valence-electron chi connectivity index (χ1n) is 7.22. The molecule has 4 rings (SSSR count). The van der Waals surface area contributed by atoms with Crippen LogP contribution in [-0.2, 0) is 4.79 Å². The molecule has 1 amide bonds. The Morgan fingerprint density at radius 2 is 2.09 bits per heavy atom. The summed E-state index contributed by atoms with van der Waals surface area (Å²) < 4.78 is 9.80. The van der Waals surface area contributed by atoms with Crippen LogP contribution in [0.1, 0.15) is 22.8 Å². The highest BCUT2D eigenvalue weighted by Gasteiger charge is 2.31. The molecule has 3 heterocycles. The predicted molar refractivity (Wildman–Crippen MR) is 93.5 cm³/mol. The molecule has 1 aromatic carbocycles. The zero-order valence-electron chi connectivity index (χ0n) is 12.4. The Labute approximate surface area is 141 Å². The second-order valence-corrected chi connectivity index (χ2v) is 6.95. The number of hydrogen-bond acceptors (Lipinski definition) is 5. The van der Waals surface area contributed by atoms with Crippen LogP contribution in [0, 0.1) is 0 Å². The van der Waals surface area contributed by atoms with Gasteiger partial charge in [0.2, 0.25) is 5.91 Å². The van der Waals surface area contributed by atoms with E-state index in [2.05, 4.69) is 21.1 Å². The monoisotopic (exact) mass is 342 g/mol. The summed E-state index contributed by atoms with van der Waals surface area (Å²) in [6.45, 7) is 0. The van der Waals surface area contributed by atoms with Crippen molar-refractivity contribution in [1.82, 2.24) is 4.37 Å². The van der Waals surface area contributed by atoms with E-state index in [-0.39, 0.29) is 11.8 Å². The van der Waals surface area contributed by atoms with Crippen molar-refractivity contribution in [3.8, 4) is 17.0 Å². The van der Waals surface area contributed by atoms with E-state index in [9.17, 15) is 4.79 Å². The fraction of sp³-hybridized carbons (Fsp3) is 0.176. The maximum atomic E-state index is 12.2. The van der Waals surface area contributed by atoms with Gasteiger partial charge in [-0.05, 0) is 58.2 Å². The third kappa shape index (κ3) is 2.54. The average Bonchev–Trinajstić information content (AvgIpc) is 3.24. The number of nitrogens with one attached hydrogen (secondary N) is 1. The summed E-state index contributed by atoms with van der Waals surface area (Å²) in [5.74, 6) is 0.955. The molecule has 0 saturated heterocycles. The molecule has 0 aliphatic carbocycles. The van der Waals surface area contributed by atoms with Crippen LogP contribution in [-0.4, -0.2) is 17.4 Å². The molecule has 1 atom stereocenters. The fourth-order valence-corrected chi connectivity index (χ4v) is 4.50. The Hall–Kier alpha value is -2.18. The largest absolute Gasteiger partial charge is 0.497 e. The highest BCUT2D eigenvalue weighted by Crippen LogP contribution is 2.45. The first-order valence-corrected chi connectivity index (χ1v) is 8.94. The molecule has 0 unspecified atom stereocenters. The molecule has 1 aliphatic rings. The molecule has 0 saturated carbocycles. The first-order chi connectivity index (χ1) is 11.3. The van der Waals surface area contributed by atoms with E-state index in [1.165, 1.54) is 17.1 Å². The lowest BCUT2D eigenvalue weighted by Gasteiger charge is -2.21. The van der Waals surface area contributed by atoms with Crippen molar-refractivity contribution in [3.63, 3.8) is 0 Å². The minimum absolute atomic E-state index is 0.0451. The van der Waals surface area contributed by atoms with Gasteiger partial charge in [-0.3, -0.25) is 4.79 Å². The number of amides is 1. The summed E-state index contributed by atoms with van der Waals surface area (Å²) in [6.07, 6.45) is 0.480. The normalized spacial score (nSPS) is 16.7. The molecule has 0 radical (unpaired) electrons. The Bertz CT molecular complexity index is 838. The van der Waals surface area contributed by atoms with Crippen molar-refractivity contribution in [2.24, 2.45) is 0 Å². The number of carbonyl (C=O) groups excluding carboxylic acids is 1. The lowest BCUT2D eigenvalue weighted by Crippen LogP contribution is -2.22. The lowest BCUT2D eigenvalue weighted by atomic mass is 9.91. The molecule has 2 aromatic heterocycles. The molecule has 0 spiro atoms. The Morgan fingerprint density at radius 1 is 1.26 bits per heavy atom. The number of rotatable bonds is 3. The van der Waals surface area contributed by atoms with E-state index < -0.39 is 0 Å². The molecule has 6 heteroatoms. The quantitative estimate of drug-likeness (QED) is 0.770. The van der Waals surface area contributed by atoms with E-state index in [0.29, 0.717) is 6.42 Å². The maximum Gasteiger partial charge on any atom is 0.225 e. The Balaban J connectivity index is 1.78. The van der Waals surface area contributed by atoms with Crippen LogP contribution < -0.4 is 10.1 Å². The maximum absolute atomic E-state index is 12.2. The number of anilines is 1. The van der Waals surface area contributed by atoms with Crippen LogP contribution in [0.2, 0.25) is 0 Å². The number of nitrogens with zero attached hydrogens (tertiary/aromatic N) is 1. The highest BCUT2D eigenvalue weighted by molar-refractivity contribution is 7.08. The van der Waals surface area contributed by atoms with Crippen LogP contribution in [0.15, 0.2) is 41.1 Å². The van der Waals surface area contributed by atoms with Gasteiger partial charge in [0, 0.05) is 17.9 Å². The Morgan fingerprint density at radius 3 is 2.78 bits per heavy atom. The van der Waals surface area contributed by atoms with Crippen LogP contribution in [0.4, 0.5) is 5.69 Å². The van der Waals surface area contributed by atoms with Crippen LogP contribution in [0.3, 0.4) is 0 Å². The number of benzene rings is 1. The van der Waals surface area contributed by atoms with Crippen LogP contribution in [0.25, 0.3) is 11.3 Å². The summed E-state index contributed by atoms with van der Waals surface area (Å²) in [5, 5.41) is 7.17. The van der Waals surface area contributed by atoms with Gasteiger partial charge in [0.1, 0.15) is 11.4 Å². The van der Waals surface area contributed by atoms with Gasteiger partial charge >= 0.3 is 0 Å². The van der Waals surface area contributed by atoms with Crippen LogP contribution in [0.5, 0.6) is 5.75 Å². The van der Waals surface area contributed by atoms with Gasteiger partial charge in [-0.2, -0.15) is 15.7 Å². The topological polar surface area (TPSA) is 51.2 Å². The lowest BCUT2D eigenvalue weighted by molar-refractivity contribution is -0.116. The fourth-order valence-electron chi connectivity index (χ4n) is 2.82. The molecule has 0 fully saturated rings. The molecule has 3 aromatic rings. The average molecular weight is 342 g/mol. The summed E-state index contributed by atoms with van der Waals surface area (Å²) in [4.78, 5) is 13.3. The Kier molecular flexibility index (Phi) is 3.63. The third-order valence-corrected chi connectivity index (χ3v) is 5.66. The van der Waals surface area contributed by atoms with Gasteiger partial charge in [0.15, 0.2) is 0 Å². The van der Waals surface area contributed by atoms with E-state index in [1.807, 2.05) is 29.6 Å². The summed E-state index contributed by atoms with van der Waals surface area (Å²) in [6, 6.07) is 9.83. The molecule has 1 N–H and O–H groups in total. The van der Waals surface area contributed by atoms with E-state index in [1.54, 1.807) is 18.4 Å². The van der Waals surface area contributed by atoms with Crippen molar-refractivity contribution in [2.45, 2.75) is 12.3 Å². The van der Waals surface area contributed by atoms with Crippen molar-refractivity contribution < 1.29 is 9.53 Å². The minimum Gasteiger partial charge on any atom is -0.497 e.